The van der Waals surface area contributed by atoms with E-state index in [1.165, 1.54) is 22.9 Å². The first kappa shape index (κ1) is 29.2. The van der Waals surface area contributed by atoms with E-state index in [2.05, 4.69) is 22.5 Å². The molecule has 1 saturated heterocycles. The average molecular weight is 569 g/mol. The van der Waals surface area contributed by atoms with Crippen LogP contribution in [-0.4, -0.2) is 81.1 Å². The number of benzene rings is 1. The van der Waals surface area contributed by atoms with Gasteiger partial charge in [0.25, 0.3) is 0 Å². The number of hydrogen-bond donors (Lipinski definition) is 4. The summed E-state index contributed by atoms with van der Waals surface area (Å²) in [5, 5.41) is 6.25. The van der Waals surface area contributed by atoms with Gasteiger partial charge in [0, 0.05) is 50.5 Å². The molecule has 1 aliphatic heterocycles. The summed E-state index contributed by atoms with van der Waals surface area (Å²) in [4.78, 5) is 45.0. The lowest BCUT2D eigenvalue weighted by atomic mass is 9.52. The van der Waals surface area contributed by atoms with E-state index in [1.807, 2.05) is 0 Å². The summed E-state index contributed by atoms with van der Waals surface area (Å²) in [6.45, 7) is 6.78. The van der Waals surface area contributed by atoms with Crippen molar-refractivity contribution in [1.82, 2.24) is 24.7 Å². The van der Waals surface area contributed by atoms with Gasteiger partial charge in [-0.3, -0.25) is 14.7 Å². The SMILES string of the molecule is CC(Cc1ccc(-n2ccc(NC(=O)N3CCN(C(=O)C(C)(C)N)CC3)nc2=O)cc1F)NC1CC2(CC(N)C2)C1. The molecule has 41 heavy (non-hydrogen) atoms. The van der Waals surface area contributed by atoms with Crippen LogP contribution >= 0.6 is 0 Å². The van der Waals surface area contributed by atoms with Crippen LogP contribution < -0.4 is 27.8 Å². The zero-order valence-corrected chi connectivity index (χ0v) is 24.0. The molecule has 3 fully saturated rings. The Kier molecular flexibility index (Phi) is 7.92. The summed E-state index contributed by atoms with van der Waals surface area (Å²) in [6.07, 6.45) is 6.52. The standard InChI is InChI=1S/C29H41FN8O3/c1-18(33-21-16-29(17-21)14-20(31)15-29)12-19-4-5-22(13-23(19)30)38-7-6-24(35-27(38)41)34-26(40)37-10-8-36(9-11-37)25(39)28(2,3)32/h4-7,13,18,20-21,33H,8-12,14-17,31-32H2,1-3H3,(H,34,35,40,41). The Morgan fingerprint density at radius 3 is 2.37 bits per heavy atom. The number of hydrogen-bond acceptors (Lipinski definition) is 7. The molecule has 0 radical (unpaired) electrons. The van der Waals surface area contributed by atoms with E-state index in [9.17, 15) is 14.4 Å². The Morgan fingerprint density at radius 2 is 1.78 bits per heavy atom. The Balaban J connectivity index is 1.13. The van der Waals surface area contributed by atoms with Crippen LogP contribution in [0.4, 0.5) is 15.0 Å². The summed E-state index contributed by atoms with van der Waals surface area (Å²) >= 11 is 0. The molecule has 222 valence electrons. The summed E-state index contributed by atoms with van der Waals surface area (Å²) in [7, 11) is 0. The third-order valence-corrected chi connectivity index (χ3v) is 8.55. The van der Waals surface area contributed by atoms with Crippen molar-refractivity contribution >= 4 is 17.8 Å². The topological polar surface area (TPSA) is 152 Å². The van der Waals surface area contributed by atoms with Gasteiger partial charge in [-0.15, -0.1) is 0 Å². The maximum Gasteiger partial charge on any atom is 0.354 e. The Labute approximate surface area is 239 Å². The lowest BCUT2D eigenvalue weighted by Crippen LogP contribution is -2.60. The molecule has 1 unspecified atom stereocenters. The first-order chi connectivity index (χ1) is 19.3. The van der Waals surface area contributed by atoms with Gasteiger partial charge in [0.2, 0.25) is 5.91 Å². The first-order valence-corrected chi connectivity index (χ1v) is 14.4. The third-order valence-electron chi connectivity index (χ3n) is 8.55. The molecule has 3 aliphatic rings. The number of amides is 3. The number of aromatic nitrogens is 2. The van der Waals surface area contributed by atoms with Crippen molar-refractivity contribution in [1.29, 1.82) is 0 Å². The van der Waals surface area contributed by atoms with Crippen molar-refractivity contribution in [2.75, 3.05) is 31.5 Å². The van der Waals surface area contributed by atoms with Crippen LogP contribution in [0.1, 0.15) is 52.0 Å². The van der Waals surface area contributed by atoms with Crippen molar-refractivity contribution in [2.45, 2.75) is 76.5 Å². The Morgan fingerprint density at radius 1 is 1.12 bits per heavy atom. The number of halogens is 1. The van der Waals surface area contributed by atoms with Gasteiger partial charge in [0.1, 0.15) is 11.6 Å². The van der Waals surface area contributed by atoms with Gasteiger partial charge in [0.15, 0.2) is 0 Å². The second-order valence-electron chi connectivity index (χ2n) is 12.7. The molecule has 1 aromatic heterocycles. The molecule has 1 atom stereocenters. The predicted molar refractivity (Wildman–Crippen MR) is 154 cm³/mol. The lowest BCUT2D eigenvalue weighted by molar-refractivity contribution is -0.137. The summed E-state index contributed by atoms with van der Waals surface area (Å²) < 4.78 is 16.3. The second kappa shape index (κ2) is 11.1. The van der Waals surface area contributed by atoms with Crippen LogP contribution in [-0.2, 0) is 11.2 Å². The van der Waals surface area contributed by atoms with Gasteiger partial charge in [-0.05, 0) is 82.1 Å². The number of anilines is 1. The number of piperazine rings is 1. The second-order valence-corrected chi connectivity index (χ2v) is 12.7. The zero-order valence-electron chi connectivity index (χ0n) is 24.0. The molecule has 0 bridgehead atoms. The fourth-order valence-electron chi connectivity index (χ4n) is 6.51. The van der Waals surface area contributed by atoms with Crippen molar-refractivity contribution in [3.63, 3.8) is 0 Å². The first-order valence-electron chi connectivity index (χ1n) is 14.4. The summed E-state index contributed by atoms with van der Waals surface area (Å²) in [5.74, 6) is -0.456. The van der Waals surface area contributed by atoms with E-state index in [1.54, 1.807) is 35.8 Å². The zero-order chi connectivity index (χ0) is 29.5. The van der Waals surface area contributed by atoms with Crippen LogP contribution in [0, 0.1) is 11.2 Å². The van der Waals surface area contributed by atoms with Gasteiger partial charge in [-0.1, -0.05) is 6.07 Å². The number of carbonyl (C=O) groups excluding carboxylic acids is 2. The summed E-state index contributed by atoms with van der Waals surface area (Å²) in [5.41, 5.74) is 11.6. The number of nitrogens with two attached hydrogens (primary N) is 2. The van der Waals surface area contributed by atoms with E-state index in [0.29, 0.717) is 61.3 Å². The third kappa shape index (κ3) is 6.44. The number of urea groups is 1. The number of rotatable bonds is 7. The highest BCUT2D eigenvalue weighted by Gasteiger charge is 2.51. The van der Waals surface area contributed by atoms with Crippen molar-refractivity contribution in [2.24, 2.45) is 16.9 Å². The van der Waals surface area contributed by atoms with Crippen molar-refractivity contribution in [3.05, 3.63) is 52.3 Å². The van der Waals surface area contributed by atoms with Crippen molar-refractivity contribution < 1.29 is 14.0 Å². The van der Waals surface area contributed by atoms with Crippen molar-refractivity contribution in [3.8, 4) is 5.69 Å². The van der Waals surface area contributed by atoms with Gasteiger partial charge in [-0.2, -0.15) is 4.98 Å². The highest BCUT2D eigenvalue weighted by molar-refractivity contribution is 5.89. The molecule has 5 rings (SSSR count). The molecule has 2 aliphatic carbocycles. The predicted octanol–water partition coefficient (Wildman–Crippen LogP) is 1.58. The van der Waals surface area contributed by atoms with Gasteiger partial charge < -0.3 is 26.6 Å². The molecule has 2 aromatic rings. The molecular weight excluding hydrogens is 527 g/mol. The van der Waals surface area contributed by atoms with Gasteiger partial charge >= 0.3 is 11.7 Å². The maximum atomic E-state index is 15.0. The fourth-order valence-corrected chi connectivity index (χ4v) is 6.51. The average Bonchev–Trinajstić information content (AvgIpc) is 2.87. The quantitative estimate of drug-likeness (QED) is 0.396. The number of carbonyl (C=O) groups is 2. The van der Waals surface area contributed by atoms with E-state index in [4.69, 9.17) is 11.5 Å². The van der Waals surface area contributed by atoms with Gasteiger partial charge in [-0.25, -0.2) is 14.0 Å². The smallest absolute Gasteiger partial charge is 0.338 e. The molecular formula is C29H41FN8O3. The molecule has 1 aromatic carbocycles. The molecule has 6 N–H and O–H groups in total. The van der Waals surface area contributed by atoms with Crippen LogP contribution in [0.25, 0.3) is 5.69 Å². The molecule has 12 heteroatoms. The van der Waals surface area contributed by atoms with E-state index >= 15 is 4.39 Å². The lowest BCUT2D eigenvalue weighted by Gasteiger charge is -2.57. The van der Waals surface area contributed by atoms with E-state index in [0.717, 1.165) is 25.7 Å². The molecule has 2 heterocycles. The Hall–Kier alpha value is -3.35. The molecule has 2 saturated carbocycles. The Bertz CT molecular complexity index is 1350. The number of nitrogens with zero attached hydrogens (tertiary/aromatic N) is 4. The molecule has 11 nitrogen and oxygen atoms in total. The summed E-state index contributed by atoms with van der Waals surface area (Å²) in [6, 6.07) is 6.75. The monoisotopic (exact) mass is 568 g/mol. The normalized spacial score (nSPS) is 24.9. The van der Waals surface area contributed by atoms with Gasteiger partial charge in [0.05, 0.1) is 11.2 Å². The highest BCUT2D eigenvalue weighted by Crippen LogP contribution is 2.55. The largest absolute Gasteiger partial charge is 0.354 e. The van der Waals surface area contributed by atoms with Crippen LogP contribution in [0.2, 0.25) is 0 Å². The fraction of sp³-hybridized carbons (Fsp3) is 0.586. The minimum Gasteiger partial charge on any atom is -0.338 e. The van der Waals surface area contributed by atoms with E-state index < -0.39 is 17.3 Å². The molecule has 1 spiro atoms. The maximum absolute atomic E-state index is 15.0. The van der Waals surface area contributed by atoms with Crippen LogP contribution in [0.15, 0.2) is 35.3 Å². The van der Waals surface area contributed by atoms with Crippen LogP contribution in [0.5, 0.6) is 0 Å². The minimum atomic E-state index is -0.971. The van der Waals surface area contributed by atoms with E-state index in [-0.39, 0.29) is 23.6 Å². The van der Waals surface area contributed by atoms with Crippen LogP contribution in [0.3, 0.4) is 0 Å². The molecule has 3 amide bonds. The minimum absolute atomic E-state index is 0.0940. The highest BCUT2D eigenvalue weighted by atomic mass is 19.1. The number of nitrogens with one attached hydrogen (secondary N) is 2.